The lowest BCUT2D eigenvalue weighted by Crippen LogP contribution is -2.38. The second-order valence-electron chi connectivity index (χ2n) is 5.51. The Morgan fingerprint density at radius 2 is 2.23 bits per heavy atom. The summed E-state index contributed by atoms with van der Waals surface area (Å²) >= 11 is 6.15. The van der Waals surface area contributed by atoms with Gasteiger partial charge in [-0.25, -0.2) is 4.79 Å². The number of benzene rings is 1. The minimum atomic E-state index is -0.420. The van der Waals surface area contributed by atoms with Crippen LogP contribution < -0.4 is 5.32 Å². The second-order valence-corrected chi connectivity index (χ2v) is 5.91. The van der Waals surface area contributed by atoms with E-state index in [0.29, 0.717) is 22.9 Å². The van der Waals surface area contributed by atoms with Gasteiger partial charge in [0.25, 0.3) is 0 Å². The maximum absolute atomic E-state index is 12.3. The van der Waals surface area contributed by atoms with Crippen molar-refractivity contribution in [1.29, 1.82) is 0 Å². The van der Waals surface area contributed by atoms with Gasteiger partial charge in [0.2, 0.25) is 5.91 Å². The molecule has 1 aliphatic heterocycles. The van der Waals surface area contributed by atoms with E-state index in [1.807, 2.05) is 7.05 Å². The van der Waals surface area contributed by atoms with Gasteiger partial charge in [-0.15, -0.1) is 0 Å². The summed E-state index contributed by atoms with van der Waals surface area (Å²) in [5.41, 5.74) is 0.898. The lowest BCUT2D eigenvalue weighted by molar-refractivity contribution is -0.121. The molecule has 0 radical (unpaired) electrons. The lowest BCUT2D eigenvalue weighted by Gasteiger charge is -2.28. The number of halogens is 1. The van der Waals surface area contributed by atoms with Gasteiger partial charge in [0.15, 0.2) is 0 Å². The van der Waals surface area contributed by atoms with Gasteiger partial charge in [-0.05, 0) is 51.6 Å². The highest BCUT2D eigenvalue weighted by Gasteiger charge is 2.24. The van der Waals surface area contributed by atoms with Crippen LogP contribution in [0.5, 0.6) is 0 Å². The van der Waals surface area contributed by atoms with Crippen LogP contribution in [0.3, 0.4) is 0 Å². The van der Waals surface area contributed by atoms with Crippen molar-refractivity contribution >= 4 is 29.2 Å². The minimum absolute atomic E-state index is 0.0282. The predicted octanol–water partition coefficient (Wildman–Crippen LogP) is 2.80. The van der Waals surface area contributed by atoms with Gasteiger partial charge in [0, 0.05) is 6.54 Å². The average Bonchev–Trinajstić information content (AvgIpc) is 2.49. The molecule has 1 fully saturated rings. The molecule has 0 bridgehead atoms. The van der Waals surface area contributed by atoms with E-state index in [1.54, 1.807) is 19.1 Å². The minimum Gasteiger partial charge on any atom is -0.462 e. The van der Waals surface area contributed by atoms with Crippen molar-refractivity contribution in [3.8, 4) is 0 Å². The molecule has 6 heteroatoms. The molecule has 22 heavy (non-hydrogen) atoms. The van der Waals surface area contributed by atoms with Crippen molar-refractivity contribution in [2.45, 2.75) is 19.8 Å². The third-order valence-corrected chi connectivity index (χ3v) is 4.05. The van der Waals surface area contributed by atoms with Gasteiger partial charge in [-0.2, -0.15) is 0 Å². The number of nitrogens with zero attached hydrogens (tertiary/aromatic N) is 1. The molecule has 1 aromatic carbocycles. The zero-order chi connectivity index (χ0) is 16.1. The number of carbonyl (C=O) groups excluding carboxylic acids is 2. The third kappa shape index (κ3) is 4.21. The van der Waals surface area contributed by atoms with E-state index in [1.165, 1.54) is 6.07 Å². The van der Waals surface area contributed by atoms with Crippen molar-refractivity contribution in [3.63, 3.8) is 0 Å². The Morgan fingerprint density at radius 3 is 2.86 bits per heavy atom. The topological polar surface area (TPSA) is 58.6 Å². The first-order valence-corrected chi connectivity index (χ1v) is 7.85. The molecule has 0 spiro atoms. The van der Waals surface area contributed by atoms with Gasteiger partial charge < -0.3 is 15.0 Å². The van der Waals surface area contributed by atoms with Gasteiger partial charge in [-0.1, -0.05) is 11.6 Å². The molecule has 5 nitrogen and oxygen atoms in total. The van der Waals surface area contributed by atoms with Crippen molar-refractivity contribution < 1.29 is 14.3 Å². The number of rotatable bonds is 4. The van der Waals surface area contributed by atoms with Gasteiger partial charge in [-0.3, -0.25) is 4.79 Å². The fourth-order valence-electron chi connectivity index (χ4n) is 2.57. The van der Waals surface area contributed by atoms with Crippen LogP contribution in [0, 0.1) is 5.92 Å². The number of anilines is 1. The smallest absolute Gasteiger partial charge is 0.338 e. The SMILES string of the molecule is CCOC(=O)c1ccc(NC(=O)[C@H]2CCCN(C)C2)c(Cl)c1. The van der Waals surface area contributed by atoms with Crippen LogP contribution in [-0.2, 0) is 9.53 Å². The van der Waals surface area contributed by atoms with Gasteiger partial charge >= 0.3 is 5.97 Å². The number of hydrogen-bond acceptors (Lipinski definition) is 4. The molecule has 120 valence electrons. The largest absolute Gasteiger partial charge is 0.462 e. The molecule has 1 amide bonds. The molecule has 2 rings (SSSR count). The molecule has 1 N–H and O–H groups in total. The van der Waals surface area contributed by atoms with E-state index in [4.69, 9.17) is 16.3 Å². The Kier molecular flexibility index (Phi) is 5.80. The normalized spacial score (nSPS) is 18.8. The molecule has 0 aliphatic carbocycles. The lowest BCUT2D eigenvalue weighted by atomic mass is 9.97. The van der Waals surface area contributed by atoms with Crippen LogP contribution in [0.25, 0.3) is 0 Å². The number of likely N-dealkylation sites (tertiary alicyclic amines) is 1. The van der Waals surface area contributed by atoms with Gasteiger partial charge in [0.05, 0.1) is 28.8 Å². The second kappa shape index (κ2) is 7.61. The van der Waals surface area contributed by atoms with E-state index in [0.717, 1.165) is 25.9 Å². The number of amides is 1. The number of carbonyl (C=O) groups is 2. The van der Waals surface area contributed by atoms with Crippen LogP contribution >= 0.6 is 11.6 Å². The van der Waals surface area contributed by atoms with E-state index >= 15 is 0 Å². The molecule has 1 atom stereocenters. The summed E-state index contributed by atoms with van der Waals surface area (Å²) in [6, 6.07) is 4.76. The van der Waals surface area contributed by atoms with Crippen molar-refractivity contribution in [2.75, 3.05) is 32.1 Å². The van der Waals surface area contributed by atoms with E-state index in [-0.39, 0.29) is 11.8 Å². The number of ether oxygens (including phenoxy) is 1. The molecular weight excluding hydrogens is 304 g/mol. The van der Waals surface area contributed by atoms with Crippen molar-refractivity contribution in [2.24, 2.45) is 5.92 Å². The summed E-state index contributed by atoms with van der Waals surface area (Å²) in [6.07, 6.45) is 1.90. The first kappa shape index (κ1) is 16.8. The fourth-order valence-corrected chi connectivity index (χ4v) is 2.80. The zero-order valence-corrected chi connectivity index (χ0v) is 13.7. The predicted molar refractivity (Wildman–Crippen MR) is 86.3 cm³/mol. The van der Waals surface area contributed by atoms with Crippen LogP contribution in [0.15, 0.2) is 18.2 Å². The van der Waals surface area contributed by atoms with Gasteiger partial charge in [0.1, 0.15) is 0 Å². The molecule has 0 saturated carbocycles. The molecule has 0 unspecified atom stereocenters. The van der Waals surface area contributed by atoms with Crippen LogP contribution in [0.4, 0.5) is 5.69 Å². The highest BCUT2D eigenvalue weighted by molar-refractivity contribution is 6.34. The maximum Gasteiger partial charge on any atom is 0.338 e. The molecular formula is C16H21ClN2O3. The summed E-state index contributed by atoms with van der Waals surface area (Å²) in [5.74, 6) is -0.479. The number of hydrogen-bond donors (Lipinski definition) is 1. The summed E-state index contributed by atoms with van der Waals surface area (Å²) in [7, 11) is 2.01. The maximum atomic E-state index is 12.3. The quantitative estimate of drug-likeness (QED) is 0.865. The Balaban J connectivity index is 2.03. The number of piperidine rings is 1. The summed E-state index contributed by atoms with van der Waals surface area (Å²) in [4.78, 5) is 26.1. The van der Waals surface area contributed by atoms with Crippen molar-refractivity contribution in [3.05, 3.63) is 28.8 Å². The zero-order valence-electron chi connectivity index (χ0n) is 12.9. The molecule has 1 saturated heterocycles. The van der Waals surface area contributed by atoms with Crippen molar-refractivity contribution in [1.82, 2.24) is 4.90 Å². The Labute approximate surface area is 135 Å². The molecule has 0 aromatic heterocycles. The standard InChI is InChI=1S/C16H21ClN2O3/c1-3-22-16(21)11-6-7-14(13(17)9-11)18-15(20)12-5-4-8-19(2)10-12/h6-7,9,12H,3-5,8,10H2,1-2H3,(H,18,20)/t12-/m0/s1. The molecule has 1 heterocycles. The first-order valence-electron chi connectivity index (χ1n) is 7.47. The van der Waals surface area contributed by atoms with Crippen LogP contribution in [0.1, 0.15) is 30.1 Å². The fraction of sp³-hybridized carbons (Fsp3) is 0.500. The Hall–Kier alpha value is -1.59. The first-order chi connectivity index (χ1) is 10.5. The Morgan fingerprint density at radius 1 is 1.45 bits per heavy atom. The summed E-state index contributed by atoms with van der Waals surface area (Å²) in [5, 5.41) is 3.19. The van der Waals surface area contributed by atoms with Crippen LogP contribution in [0.2, 0.25) is 5.02 Å². The number of esters is 1. The Bertz CT molecular complexity index is 562. The summed E-state index contributed by atoms with van der Waals surface area (Å²) < 4.78 is 4.92. The van der Waals surface area contributed by atoms with E-state index in [9.17, 15) is 9.59 Å². The number of nitrogens with one attached hydrogen (secondary N) is 1. The highest BCUT2D eigenvalue weighted by Crippen LogP contribution is 2.25. The molecule has 1 aliphatic rings. The average molecular weight is 325 g/mol. The van der Waals surface area contributed by atoms with E-state index < -0.39 is 5.97 Å². The highest BCUT2D eigenvalue weighted by atomic mass is 35.5. The summed E-state index contributed by atoms with van der Waals surface area (Å²) in [6.45, 7) is 3.84. The molecule has 1 aromatic rings. The third-order valence-electron chi connectivity index (χ3n) is 3.73. The monoisotopic (exact) mass is 324 g/mol. The van der Waals surface area contributed by atoms with E-state index in [2.05, 4.69) is 10.2 Å². The van der Waals surface area contributed by atoms with Crippen LogP contribution in [-0.4, -0.2) is 43.5 Å².